The lowest BCUT2D eigenvalue weighted by Gasteiger charge is -2.10. The van der Waals surface area contributed by atoms with Crippen LogP contribution in [0.4, 0.5) is 4.39 Å². The van der Waals surface area contributed by atoms with Crippen LogP contribution in [0.3, 0.4) is 0 Å². The van der Waals surface area contributed by atoms with Crippen LogP contribution in [-0.4, -0.2) is 23.0 Å². The number of nitrogens with one attached hydrogen (secondary N) is 1. The standard InChI is InChI=1S/C10H11FN2O3/c1-5(9(12)15)13-10(16)6-2-3-8(14)7(11)4-6/h2-5,14H,1H3,(H2,12,15)(H,13,16). The van der Waals surface area contributed by atoms with Crippen LogP contribution in [0.2, 0.25) is 0 Å². The first-order valence-corrected chi connectivity index (χ1v) is 4.50. The third-order valence-corrected chi connectivity index (χ3v) is 1.98. The van der Waals surface area contributed by atoms with E-state index in [0.29, 0.717) is 0 Å². The molecule has 2 amide bonds. The van der Waals surface area contributed by atoms with Crippen molar-refractivity contribution >= 4 is 11.8 Å². The molecule has 1 aromatic carbocycles. The van der Waals surface area contributed by atoms with Crippen molar-refractivity contribution in [2.75, 3.05) is 0 Å². The zero-order chi connectivity index (χ0) is 12.3. The number of rotatable bonds is 3. The van der Waals surface area contributed by atoms with E-state index in [4.69, 9.17) is 10.8 Å². The van der Waals surface area contributed by atoms with E-state index in [1.165, 1.54) is 13.0 Å². The number of hydrogen-bond acceptors (Lipinski definition) is 3. The van der Waals surface area contributed by atoms with Gasteiger partial charge in [-0.3, -0.25) is 9.59 Å². The van der Waals surface area contributed by atoms with Crippen LogP contribution in [0.1, 0.15) is 17.3 Å². The Hall–Kier alpha value is -2.11. The molecule has 5 nitrogen and oxygen atoms in total. The number of benzene rings is 1. The molecule has 0 radical (unpaired) electrons. The number of carbonyl (C=O) groups excluding carboxylic acids is 2. The molecule has 0 saturated carbocycles. The number of phenols is 1. The van der Waals surface area contributed by atoms with Crippen LogP contribution in [0, 0.1) is 5.82 Å². The molecule has 4 N–H and O–H groups in total. The second-order valence-electron chi connectivity index (χ2n) is 3.26. The van der Waals surface area contributed by atoms with Crippen LogP contribution in [0.25, 0.3) is 0 Å². The summed E-state index contributed by atoms with van der Waals surface area (Å²) in [6.45, 7) is 1.41. The van der Waals surface area contributed by atoms with E-state index >= 15 is 0 Å². The summed E-state index contributed by atoms with van der Waals surface area (Å²) in [5, 5.41) is 11.2. The lowest BCUT2D eigenvalue weighted by Crippen LogP contribution is -2.42. The molecule has 1 rings (SSSR count). The fraction of sp³-hybridized carbons (Fsp3) is 0.200. The molecule has 0 aromatic heterocycles. The molecule has 6 heteroatoms. The van der Waals surface area contributed by atoms with E-state index in [1.54, 1.807) is 0 Å². The minimum absolute atomic E-state index is 0.00315. The molecular formula is C10H11FN2O3. The smallest absolute Gasteiger partial charge is 0.252 e. The van der Waals surface area contributed by atoms with Gasteiger partial charge in [0.1, 0.15) is 6.04 Å². The normalized spacial score (nSPS) is 11.9. The topological polar surface area (TPSA) is 92.4 Å². The Bertz CT molecular complexity index is 434. The third kappa shape index (κ3) is 2.69. The first kappa shape index (κ1) is 12.0. The number of carbonyl (C=O) groups is 2. The van der Waals surface area contributed by atoms with Gasteiger partial charge in [0, 0.05) is 5.56 Å². The van der Waals surface area contributed by atoms with E-state index < -0.39 is 29.4 Å². The minimum atomic E-state index is -0.903. The average Bonchev–Trinajstić information content (AvgIpc) is 2.21. The number of aromatic hydroxyl groups is 1. The molecule has 0 saturated heterocycles. The summed E-state index contributed by atoms with van der Waals surface area (Å²) < 4.78 is 12.9. The van der Waals surface area contributed by atoms with E-state index in [2.05, 4.69) is 5.32 Å². The highest BCUT2D eigenvalue weighted by atomic mass is 19.1. The average molecular weight is 226 g/mol. The van der Waals surface area contributed by atoms with Crippen molar-refractivity contribution in [1.82, 2.24) is 5.32 Å². The number of amides is 2. The predicted molar refractivity (Wildman–Crippen MR) is 54.2 cm³/mol. The molecular weight excluding hydrogens is 215 g/mol. The Labute approximate surface area is 91.1 Å². The molecule has 0 aliphatic rings. The molecule has 0 spiro atoms. The molecule has 0 aliphatic heterocycles. The van der Waals surface area contributed by atoms with Gasteiger partial charge < -0.3 is 16.2 Å². The summed E-state index contributed by atoms with van der Waals surface area (Å²) in [4.78, 5) is 22.1. The lowest BCUT2D eigenvalue weighted by atomic mass is 10.2. The van der Waals surface area contributed by atoms with Gasteiger partial charge in [0.25, 0.3) is 5.91 Å². The summed E-state index contributed by atoms with van der Waals surface area (Å²) in [6, 6.07) is 2.32. The molecule has 0 aliphatic carbocycles. The second kappa shape index (κ2) is 4.61. The van der Waals surface area contributed by atoms with Crippen molar-refractivity contribution in [2.45, 2.75) is 13.0 Å². The van der Waals surface area contributed by atoms with E-state index in [-0.39, 0.29) is 5.56 Å². The largest absolute Gasteiger partial charge is 0.505 e. The fourth-order valence-corrected chi connectivity index (χ4v) is 0.999. The fourth-order valence-electron chi connectivity index (χ4n) is 0.999. The van der Waals surface area contributed by atoms with Gasteiger partial charge in [0.2, 0.25) is 5.91 Å². The molecule has 1 unspecified atom stereocenters. The number of nitrogens with two attached hydrogens (primary N) is 1. The highest BCUT2D eigenvalue weighted by Gasteiger charge is 2.14. The quantitative estimate of drug-likeness (QED) is 0.684. The van der Waals surface area contributed by atoms with E-state index in [1.807, 2.05) is 0 Å². The Kier molecular flexibility index (Phi) is 3.44. The summed E-state index contributed by atoms with van der Waals surface area (Å²) in [5.41, 5.74) is 4.95. The zero-order valence-corrected chi connectivity index (χ0v) is 8.53. The molecule has 1 atom stereocenters. The molecule has 1 aromatic rings. The van der Waals surface area contributed by atoms with Crippen molar-refractivity contribution in [3.63, 3.8) is 0 Å². The lowest BCUT2D eigenvalue weighted by molar-refractivity contribution is -0.119. The number of phenolic OH excluding ortho intramolecular Hbond substituents is 1. The summed E-state index contributed by atoms with van der Waals surface area (Å²) in [5.74, 6) is -2.77. The summed E-state index contributed by atoms with van der Waals surface area (Å²) in [6.07, 6.45) is 0. The maximum Gasteiger partial charge on any atom is 0.252 e. The van der Waals surface area contributed by atoms with Crippen LogP contribution >= 0.6 is 0 Å². The molecule has 0 heterocycles. The molecule has 16 heavy (non-hydrogen) atoms. The van der Waals surface area contributed by atoms with Crippen molar-refractivity contribution in [3.05, 3.63) is 29.6 Å². The Morgan fingerprint density at radius 1 is 1.50 bits per heavy atom. The van der Waals surface area contributed by atoms with Crippen molar-refractivity contribution < 1.29 is 19.1 Å². The first-order valence-electron chi connectivity index (χ1n) is 4.50. The summed E-state index contributed by atoms with van der Waals surface area (Å²) >= 11 is 0. The maximum atomic E-state index is 12.9. The van der Waals surface area contributed by atoms with Crippen molar-refractivity contribution in [2.24, 2.45) is 5.73 Å². The van der Waals surface area contributed by atoms with Gasteiger partial charge in [-0.2, -0.15) is 0 Å². The monoisotopic (exact) mass is 226 g/mol. The number of primary amides is 1. The maximum absolute atomic E-state index is 12.9. The molecule has 0 bridgehead atoms. The second-order valence-corrected chi connectivity index (χ2v) is 3.26. The molecule has 86 valence electrons. The predicted octanol–water partition coefficient (Wildman–Crippen LogP) is 0.135. The van der Waals surface area contributed by atoms with E-state index in [9.17, 15) is 14.0 Å². The van der Waals surface area contributed by atoms with Gasteiger partial charge in [-0.05, 0) is 25.1 Å². The van der Waals surface area contributed by atoms with Crippen LogP contribution in [-0.2, 0) is 4.79 Å². The van der Waals surface area contributed by atoms with Gasteiger partial charge in [-0.25, -0.2) is 4.39 Å². The van der Waals surface area contributed by atoms with Crippen LogP contribution in [0.5, 0.6) is 5.75 Å². The van der Waals surface area contributed by atoms with Crippen molar-refractivity contribution in [3.8, 4) is 5.75 Å². The Balaban J connectivity index is 2.81. The van der Waals surface area contributed by atoms with Crippen LogP contribution < -0.4 is 11.1 Å². The summed E-state index contributed by atoms with van der Waals surface area (Å²) in [7, 11) is 0. The van der Waals surface area contributed by atoms with Crippen molar-refractivity contribution in [1.29, 1.82) is 0 Å². The number of hydrogen-bond donors (Lipinski definition) is 3. The first-order chi connectivity index (χ1) is 7.41. The number of halogens is 1. The van der Waals surface area contributed by atoms with Gasteiger partial charge in [-0.15, -0.1) is 0 Å². The minimum Gasteiger partial charge on any atom is -0.505 e. The Morgan fingerprint density at radius 3 is 2.62 bits per heavy atom. The zero-order valence-electron chi connectivity index (χ0n) is 8.53. The van der Waals surface area contributed by atoms with Gasteiger partial charge >= 0.3 is 0 Å². The highest BCUT2D eigenvalue weighted by Crippen LogP contribution is 2.15. The van der Waals surface area contributed by atoms with Gasteiger partial charge in [0.05, 0.1) is 0 Å². The third-order valence-electron chi connectivity index (χ3n) is 1.98. The molecule has 0 fully saturated rings. The van der Waals surface area contributed by atoms with E-state index in [0.717, 1.165) is 12.1 Å². The van der Waals surface area contributed by atoms with Crippen LogP contribution in [0.15, 0.2) is 18.2 Å². The van der Waals surface area contributed by atoms with Gasteiger partial charge in [0.15, 0.2) is 11.6 Å². The van der Waals surface area contributed by atoms with Gasteiger partial charge in [-0.1, -0.05) is 0 Å². The highest BCUT2D eigenvalue weighted by molar-refractivity contribution is 5.97. The SMILES string of the molecule is CC(NC(=O)c1ccc(O)c(F)c1)C(N)=O. The Morgan fingerprint density at radius 2 is 2.12 bits per heavy atom.